The van der Waals surface area contributed by atoms with Crippen molar-refractivity contribution < 1.29 is 4.74 Å². The summed E-state index contributed by atoms with van der Waals surface area (Å²) < 4.78 is 6.07. The highest BCUT2D eigenvalue weighted by Gasteiger charge is 2.32. The van der Waals surface area contributed by atoms with Gasteiger partial charge in [-0.15, -0.1) is 0 Å². The average molecular weight is 310 g/mol. The largest absolute Gasteiger partial charge is 0.474 e. The Labute approximate surface area is 136 Å². The average Bonchev–Trinajstić information content (AvgIpc) is 2.53. The number of rotatable bonds is 3. The van der Waals surface area contributed by atoms with Crippen molar-refractivity contribution in [3.05, 3.63) is 47.2 Å². The number of aromatic nitrogens is 2. The zero-order chi connectivity index (χ0) is 15.8. The van der Waals surface area contributed by atoms with Crippen molar-refractivity contribution in [2.75, 3.05) is 5.73 Å². The van der Waals surface area contributed by atoms with Gasteiger partial charge in [0, 0.05) is 17.5 Å². The molecule has 0 amide bonds. The fourth-order valence-electron chi connectivity index (χ4n) is 3.61. The third kappa shape index (κ3) is 2.77. The van der Waals surface area contributed by atoms with Crippen LogP contribution >= 0.6 is 0 Å². The Morgan fingerprint density at radius 2 is 1.87 bits per heavy atom. The van der Waals surface area contributed by atoms with Crippen LogP contribution in [0, 0.1) is 0 Å². The van der Waals surface area contributed by atoms with Crippen LogP contribution in [0.3, 0.4) is 0 Å². The van der Waals surface area contributed by atoms with Gasteiger partial charge in [-0.25, -0.2) is 4.98 Å². The molecule has 5 heteroatoms. The predicted octanol–water partition coefficient (Wildman–Crippen LogP) is 2.40. The summed E-state index contributed by atoms with van der Waals surface area (Å²) in [6.07, 6.45) is 5.09. The van der Waals surface area contributed by atoms with Crippen molar-refractivity contribution >= 4 is 5.95 Å². The lowest BCUT2D eigenvalue weighted by Crippen LogP contribution is -2.43. The van der Waals surface area contributed by atoms with E-state index in [9.17, 15) is 0 Å². The smallest absolute Gasteiger partial charge is 0.223 e. The molecule has 120 valence electrons. The number of hydrogen-bond acceptors (Lipinski definition) is 5. The molecule has 0 spiro atoms. The first-order valence-electron chi connectivity index (χ1n) is 8.34. The van der Waals surface area contributed by atoms with Gasteiger partial charge in [0.05, 0.1) is 5.69 Å². The summed E-state index contributed by atoms with van der Waals surface area (Å²) in [5.74, 6) is 1.24. The van der Waals surface area contributed by atoms with E-state index in [-0.39, 0.29) is 18.1 Å². The Bertz CT molecular complexity index is 698. The van der Waals surface area contributed by atoms with Gasteiger partial charge in [-0.3, -0.25) is 0 Å². The van der Waals surface area contributed by atoms with E-state index >= 15 is 0 Å². The molecule has 5 nitrogen and oxygen atoms in total. The Hall–Kier alpha value is -2.14. The van der Waals surface area contributed by atoms with Gasteiger partial charge in [-0.05, 0) is 37.7 Å². The first-order chi connectivity index (χ1) is 11.2. The number of nitrogen functional groups attached to an aromatic ring is 1. The van der Waals surface area contributed by atoms with Gasteiger partial charge in [0.15, 0.2) is 0 Å². The van der Waals surface area contributed by atoms with E-state index in [4.69, 9.17) is 16.2 Å². The maximum atomic E-state index is 6.07. The van der Waals surface area contributed by atoms with Crippen molar-refractivity contribution in [3.8, 4) is 5.88 Å². The minimum Gasteiger partial charge on any atom is -0.474 e. The Morgan fingerprint density at radius 1 is 1.09 bits per heavy atom. The van der Waals surface area contributed by atoms with E-state index in [0.717, 1.165) is 43.4 Å². The van der Waals surface area contributed by atoms with Crippen molar-refractivity contribution in [2.24, 2.45) is 5.73 Å². The van der Waals surface area contributed by atoms with Crippen LogP contribution in [0.5, 0.6) is 5.88 Å². The molecule has 4 N–H and O–H groups in total. The van der Waals surface area contributed by atoms with Crippen LogP contribution in [0.15, 0.2) is 30.3 Å². The van der Waals surface area contributed by atoms with Crippen LogP contribution in [0.25, 0.3) is 0 Å². The molecule has 1 unspecified atom stereocenters. The molecule has 1 aromatic carbocycles. The van der Waals surface area contributed by atoms with Crippen LogP contribution in [0.2, 0.25) is 0 Å². The van der Waals surface area contributed by atoms with E-state index in [2.05, 4.69) is 34.2 Å². The van der Waals surface area contributed by atoms with Crippen molar-refractivity contribution in [1.29, 1.82) is 0 Å². The number of nitrogens with zero attached hydrogens (tertiary/aromatic N) is 2. The molecule has 23 heavy (non-hydrogen) atoms. The van der Waals surface area contributed by atoms with Gasteiger partial charge in [0.25, 0.3) is 0 Å². The molecule has 0 aliphatic heterocycles. The highest BCUT2D eigenvalue weighted by molar-refractivity contribution is 5.43. The number of ether oxygens (including phenoxy) is 1. The van der Waals surface area contributed by atoms with Crippen LogP contribution in [0.1, 0.15) is 48.4 Å². The van der Waals surface area contributed by atoms with Crippen molar-refractivity contribution in [1.82, 2.24) is 9.97 Å². The van der Waals surface area contributed by atoms with E-state index in [1.54, 1.807) is 0 Å². The first-order valence-corrected chi connectivity index (χ1v) is 8.34. The molecule has 1 fully saturated rings. The zero-order valence-corrected chi connectivity index (χ0v) is 13.1. The summed E-state index contributed by atoms with van der Waals surface area (Å²) in [6, 6.07) is 10.7. The second kappa shape index (κ2) is 5.81. The second-order valence-electron chi connectivity index (χ2n) is 6.58. The number of hydrogen-bond donors (Lipinski definition) is 2. The highest BCUT2D eigenvalue weighted by Crippen LogP contribution is 2.39. The number of nitrogens with two attached hydrogens (primary N) is 2. The lowest BCUT2D eigenvalue weighted by atomic mass is 9.82. The molecule has 1 saturated carbocycles. The van der Waals surface area contributed by atoms with Gasteiger partial charge in [0.2, 0.25) is 11.8 Å². The van der Waals surface area contributed by atoms with Gasteiger partial charge >= 0.3 is 0 Å². The van der Waals surface area contributed by atoms with Crippen LogP contribution in [-0.4, -0.2) is 22.1 Å². The fraction of sp³-hybridized carbons (Fsp3) is 0.444. The van der Waals surface area contributed by atoms with E-state index in [1.165, 1.54) is 5.56 Å². The molecule has 1 aromatic heterocycles. The van der Waals surface area contributed by atoms with Gasteiger partial charge in [0.1, 0.15) is 6.10 Å². The molecular formula is C18H22N4O. The van der Waals surface area contributed by atoms with Crippen molar-refractivity contribution in [2.45, 2.75) is 50.2 Å². The predicted molar refractivity (Wildman–Crippen MR) is 89.3 cm³/mol. The second-order valence-corrected chi connectivity index (χ2v) is 6.58. The normalized spacial score (nSPS) is 26.2. The Balaban J connectivity index is 1.69. The van der Waals surface area contributed by atoms with Crippen LogP contribution in [-0.2, 0) is 6.42 Å². The molecule has 0 radical (unpaired) electrons. The minimum atomic E-state index is 0.167. The van der Waals surface area contributed by atoms with E-state index in [0.29, 0.717) is 11.8 Å². The molecule has 2 aliphatic rings. The highest BCUT2D eigenvalue weighted by atomic mass is 16.5. The molecule has 0 saturated heterocycles. The zero-order valence-electron chi connectivity index (χ0n) is 13.1. The van der Waals surface area contributed by atoms with E-state index in [1.807, 2.05) is 6.07 Å². The van der Waals surface area contributed by atoms with Crippen LogP contribution < -0.4 is 16.2 Å². The number of fused-ring (bicyclic) bond motifs is 1. The molecule has 2 aliphatic carbocycles. The third-order valence-corrected chi connectivity index (χ3v) is 4.88. The summed E-state index contributed by atoms with van der Waals surface area (Å²) in [6.45, 7) is 0. The fourth-order valence-corrected chi connectivity index (χ4v) is 3.61. The molecule has 4 rings (SSSR count). The summed E-state index contributed by atoms with van der Waals surface area (Å²) in [4.78, 5) is 8.93. The lowest BCUT2D eigenvalue weighted by Gasteiger charge is -2.34. The summed E-state index contributed by atoms with van der Waals surface area (Å²) >= 11 is 0. The monoisotopic (exact) mass is 310 g/mol. The standard InChI is InChI=1S/C18H22N4O/c19-12-9-13(10-12)23-17-15-8-4-7-14(11-5-2-1-3-6-11)16(15)21-18(20)22-17/h1-3,5-6,12-14H,4,7-10,19H2,(H2,20,21,22)/t12-,13+,14?. The topological polar surface area (TPSA) is 87.0 Å². The molecule has 1 atom stereocenters. The number of anilines is 1. The van der Waals surface area contributed by atoms with Crippen LogP contribution in [0.4, 0.5) is 5.95 Å². The van der Waals surface area contributed by atoms with E-state index < -0.39 is 0 Å². The first kappa shape index (κ1) is 14.5. The Kier molecular flexibility index (Phi) is 3.65. The quantitative estimate of drug-likeness (QED) is 0.909. The molecule has 2 aromatic rings. The third-order valence-electron chi connectivity index (χ3n) is 4.88. The number of benzene rings is 1. The summed E-state index contributed by atoms with van der Waals surface area (Å²) in [7, 11) is 0. The molecular weight excluding hydrogens is 288 g/mol. The summed E-state index contributed by atoms with van der Waals surface area (Å²) in [5.41, 5.74) is 15.3. The molecule has 1 heterocycles. The maximum absolute atomic E-state index is 6.07. The minimum absolute atomic E-state index is 0.167. The van der Waals surface area contributed by atoms with Gasteiger partial charge in [-0.1, -0.05) is 30.3 Å². The molecule has 0 bridgehead atoms. The SMILES string of the molecule is Nc1nc(O[C@H]2C[C@@H](N)C2)c2c(n1)C(c1ccccc1)CCC2. The maximum Gasteiger partial charge on any atom is 0.223 e. The van der Waals surface area contributed by atoms with Crippen molar-refractivity contribution in [3.63, 3.8) is 0 Å². The lowest BCUT2D eigenvalue weighted by molar-refractivity contribution is 0.0942. The van der Waals surface area contributed by atoms with Gasteiger partial charge < -0.3 is 16.2 Å². The summed E-state index contributed by atoms with van der Waals surface area (Å²) in [5, 5.41) is 0. The Morgan fingerprint density at radius 3 is 2.61 bits per heavy atom. The van der Waals surface area contributed by atoms with Gasteiger partial charge in [-0.2, -0.15) is 4.98 Å².